The van der Waals surface area contributed by atoms with E-state index in [1.54, 1.807) is 12.1 Å². The van der Waals surface area contributed by atoms with Crippen LogP contribution in [0.25, 0.3) is 32.6 Å². The van der Waals surface area contributed by atoms with Crippen molar-refractivity contribution in [1.82, 2.24) is 4.98 Å². The fourth-order valence-electron chi connectivity index (χ4n) is 2.89. The van der Waals surface area contributed by atoms with Crippen molar-refractivity contribution in [2.75, 3.05) is 0 Å². The van der Waals surface area contributed by atoms with Gasteiger partial charge in [0.15, 0.2) is 0 Å². The van der Waals surface area contributed by atoms with Gasteiger partial charge in [-0.25, -0.2) is 4.98 Å². The fraction of sp³-hybridized carbons (Fsp3) is 0.0455. The van der Waals surface area contributed by atoms with Crippen LogP contribution in [-0.2, 0) is 4.79 Å². The molecule has 0 aliphatic rings. The summed E-state index contributed by atoms with van der Waals surface area (Å²) in [5.41, 5.74) is 3.17. The number of rotatable bonds is 3. The second kappa shape index (κ2) is 7.13. The summed E-state index contributed by atoms with van der Waals surface area (Å²) in [7, 11) is 0. The van der Waals surface area contributed by atoms with E-state index in [2.05, 4.69) is 4.98 Å². The van der Waals surface area contributed by atoms with Crippen molar-refractivity contribution in [2.24, 2.45) is 0 Å². The Morgan fingerprint density at radius 3 is 2.44 bits per heavy atom. The smallest absolute Gasteiger partial charge is 0.308 e. The van der Waals surface area contributed by atoms with Gasteiger partial charge < -0.3 is 4.74 Å². The van der Waals surface area contributed by atoms with Crippen LogP contribution in [0.15, 0.2) is 77.6 Å². The van der Waals surface area contributed by atoms with Gasteiger partial charge in [-0.1, -0.05) is 53.8 Å². The summed E-state index contributed by atoms with van der Waals surface area (Å²) in [6.07, 6.45) is 0. The second-order valence-corrected chi connectivity index (χ2v) is 6.96. The quantitative estimate of drug-likeness (QED) is 0.378. The first-order valence-corrected chi connectivity index (χ1v) is 9.21. The van der Waals surface area contributed by atoms with E-state index in [0.29, 0.717) is 21.7 Å². The molecule has 5 heteroatoms. The van der Waals surface area contributed by atoms with Gasteiger partial charge >= 0.3 is 5.97 Å². The number of hydrogen-bond acceptors (Lipinski definition) is 5. The highest BCUT2D eigenvalue weighted by molar-refractivity contribution is 7.13. The van der Waals surface area contributed by atoms with E-state index in [0.717, 1.165) is 28.0 Å². The van der Waals surface area contributed by atoms with Gasteiger partial charge in [-0.15, -0.1) is 0 Å². The number of esters is 1. The van der Waals surface area contributed by atoms with Crippen molar-refractivity contribution in [3.8, 4) is 27.4 Å². The maximum atomic E-state index is 12.4. The molecule has 27 heavy (non-hydrogen) atoms. The molecular weight excluding hydrogens is 358 g/mol. The lowest BCUT2D eigenvalue weighted by molar-refractivity contribution is -0.131. The zero-order valence-corrected chi connectivity index (χ0v) is 15.3. The monoisotopic (exact) mass is 373 g/mol. The Morgan fingerprint density at radius 1 is 0.926 bits per heavy atom. The number of ether oxygens (including phenoxy) is 1. The van der Waals surface area contributed by atoms with E-state index in [9.17, 15) is 9.59 Å². The molecule has 0 bridgehead atoms. The molecule has 0 fully saturated rings. The number of carbonyl (C=O) groups is 1. The minimum Gasteiger partial charge on any atom is -0.426 e. The van der Waals surface area contributed by atoms with E-state index in [1.807, 2.05) is 60.7 Å². The van der Waals surface area contributed by atoms with E-state index in [4.69, 9.17) is 4.74 Å². The van der Waals surface area contributed by atoms with Gasteiger partial charge in [-0.2, -0.15) is 0 Å². The molecule has 0 saturated carbocycles. The second-order valence-electron chi connectivity index (χ2n) is 5.99. The van der Waals surface area contributed by atoms with Crippen molar-refractivity contribution >= 4 is 28.2 Å². The van der Waals surface area contributed by atoms with Crippen molar-refractivity contribution in [1.29, 1.82) is 0 Å². The highest BCUT2D eigenvalue weighted by atomic mass is 32.1. The van der Waals surface area contributed by atoms with Crippen molar-refractivity contribution in [3.63, 3.8) is 0 Å². The number of benzene rings is 3. The number of hydrogen-bond donors (Lipinski definition) is 0. The number of carbonyl (C=O) groups excluding carboxylic acids is 1. The third-order valence-corrected chi connectivity index (χ3v) is 5.03. The molecule has 4 nitrogen and oxygen atoms in total. The molecule has 0 saturated heterocycles. The van der Waals surface area contributed by atoms with Crippen LogP contribution in [0.5, 0.6) is 5.75 Å². The highest BCUT2D eigenvalue weighted by Crippen LogP contribution is 2.35. The molecule has 0 atom stereocenters. The molecule has 0 aliphatic heterocycles. The molecule has 1 heterocycles. The molecule has 0 amide bonds. The van der Waals surface area contributed by atoms with E-state index in [1.165, 1.54) is 6.92 Å². The Hall–Kier alpha value is -3.31. The van der Waals surface area contributed by atoms with Crippen LogP contribution in [0.1, 0.15) is 6.92 Å². The summed E-state index contributed by atoms with van der Waals surface area (Å²) in [5.74, 6) is 0.0963. The van der Waals surface area contributed by atoms with E-state index >= 15 is 0 Å². The molecule has 132 valence electrons. The molecule has 0 aliphatic carbocycles. The number of para-hydroxylation sites is 1. The third kappa shape index (κ3) is 3.50. The SMILES string of the molecule is CC(=O)Oc1ccc(-c2nc3ccccc3c(=O)s2)cc1-c1ccccc1. The van der Waals surface area contributed by atoms with Gasteiger partial charge in [0.1, 0.15) is 10.8 Å². The molecule has 1 aromatic heterocycles. The van der Waals surface area contributed by atoms with Gasteiger partial charge in [0.25, 0.3) is 0 Å². The predicted molar refractivity (Wildman–Crippen MR) is 108 cm³/mol. The Kier molecular flexibility index (Phi) is 4.52. The maximum absolute atomic E-state index is 12.4. The molecular formula is C22H15NO3S. The van der Waals surface area contributed by atoms with Crippen LogP contribution in [0.4, 0.5) is 0 Å². The topological polar surface area (TPSA) is 56.3 Å². The lowest BCUT2D eigenvalue weighted by Gasteiger charge is -2.11. The summed E-state index contributed by atoms with van der Waals surface area (Å²) in [5, 5.41) is 1.25. The molecule has 0 N–H and O–H groups in total. The molecule has 0 spiro atoms. The Morgan fingerprint density at radius 2 is 1.67 bits per heavy atom. The third-order valence-electron chi connectivity index (χ3n) is 4.10. The summed E-state index contributed by atoms with van der Waals surface area (Å²) in [6, 6.07) is 22.4. The number of fused-ring (bicyclic) bond motifs is 1. The summed E-state index contributed by atoms with van der Waals surface area (Å²) in [6.45, 7) is 1.37. The first-order chi connectivity index (χ1) is 13.1. The molecule has 0 unspecified atom stereocenters. The maximum Gasteiger partial charge on any atom is 0.308 e. The van der Waals surface area contributed by atoms with Crippen molar-refractivity contribution in [3.05, 3.63) is 82.3 Å². The van der Waals surface area contributed by atoms with Gasteiger partial charge in [0, 0.05) is 18.1 Å². The van der Waals surface area contributed by atoms with Crippen LogP contribution in [0.2, 0.25) is 0 Å². The molecule has 4 aromatic rings. The zero-order valence-electron chi connectivity index (χ0n) is 14.5. The van der Waals surface area contributed by atoms with Gasteiger partial charge in [0.05, 0.1) is 10.9 Å². The van der Waals surface area contributed by atoms with Crippen molar-refractivity contribution < 1.29 is 9.53 Å². The molecule has 0 radical (unpaired) electrons. The standard InChI is InChI=1S/C22H15NO3S/c1-14(24)26-20-12-11-16(13-18(20)15-7-3-2-4-8-15)21-23-19-10-6-5-9-17(19)22(25)27-21/h2-13H,1H3. The number of aromatic nitrogens is 1. The molecule has 4 rings (SSSR count). The van der Waals surface area contributed by atoms with Crippen LogP contribution in [0.3, 0.4) is 0 Å². The summed E-state index contributed by atoms with van der Waals surface area (Å²) >= 11 is 1.11. The lowest BCUT2D eigenvalue weighted by atomic mass is 10.0. The van der Waals surface area contributed by atoms with Gasteiger partial charge in [0.2, 0.25) is 4.74 Å². The zero-order chi connectivity index (χ0) is 18.8. The number of nitrogens with zero attached hydrogens (tertiary/aromatic N) is 1. The first-order valence-electron chi connectivity index (χ1n) is 8.40. The predicted octanol–water partition coefficient (Wildman–Crippen LogP) is 4.92. The minimum absolute atomic E-state index is 0.0269. The van der Waals surface area contributed by atoms with Crippen LogP contribution >= 0.6 is 11.3 Å². The van der Waals surface area contributed by atoms with Crippen LogP contribution in [-0.4, -0.2) is 11.0 Å². The minimum atomic E-state index is -0.381. The Labute approximate surface area is 159 Å². The van der Waals surface area contributed by atoms with Crippen molar-refractivity contribution in [2.45, 2.75) is 6.92 Å². The van der Waals surface area contributed by atoms with Crippen LogP contribution in [0, 0.1) is 0 Å². The largest absolute Gasteiger partial charge is 0.426 e. The lowest BCUT2D eigenvalue weighted by Crippen LogP contribution is -2.03. The van der Waals surface area contributed by atoms with E-state index in [-0.39, 0.29) is 10.7 Å². The van der Waals surface area contributed by atoms with Gasteiger partial charge in [-0.3, -0.25) is 9.59 Å². The van der Waals surface area contributed by atoms with Crippen LogP contribution < -0.4 is 9.48 Å². The average Bonchev–Trinajstić information content (AvgIpc) is 2.68. The Balaban J connectivity index is 1.90. The Bertz CT molecular complexity index is 1200. The highest BCUT2D eigenvalue weighted by Gasteiger charge is 2.13. The summed E-state index contributed by atoms with van der Waals surface area (Å²) < 4.78 is 5.34. The average molecular weight is 373 g/mol. The molecule has 3 aromatic carbocycles. The van der Waals surface area contributed by atoms with E-state index < -0.39 is 0 Å². The first kappa shape index (κ1) is 17.1. The van der Waals surface area contributed by atoms with Gasteiger partial charge in [-0.05, 0) is 35.9 Å². The normalized spacial score (nSPS) is 10.7. The summed E-state index contributed by atoms with van der Waals surface area (Å²) in [4.78, 5) is 28.6. The fourth-order valence-corrected chi connectivity index (χ4v) is 3.74.